The van der Waals surface area contributed by atoms with Crippen LogP contribution in [0.25, 0.3) is 0 Å². The molecule has 1 aromatic carbocycles. The summed E-state index contributed by atoms with van der Waals surface area (Å²) in [6.07, 6.45) is 6.35. The number of rotatable bonds is 5. The number of aromatic nitrogens is 2. The highest BCUT2D eigenvalue weighted by Crippen LogP contribution is 2.23. The molecule has 0 atom stereocenters. The number of hydrogen-bond donors (Lipinski definition) is 0. The lowest BCUT2D eigenvalue weighted by Crippen LogP contribution is -2.38. The van der Waals surface area contributed by atoms with E-state index in [0.717, 1.165) is 70.5 Å². The highest BCUT2D eigenvalue weighted by atomic mass is 16.5. The number of morpholine rings is 1. The first-order chi connectivity index (χ1) is 13.3. The molecule has 0 bridgehead atoms. The summed E-state index contributed by atoms with van der Waals surface area (Å²) < 4.78 is 11.6. The first-order valence-electron chi connectivity index (χ1n) is 9.86. The number of benzene rings is 1. The minimum Gasteiger partial charge on any atom is -0.490 e. The van der Waals surface area contributed by atoms with Crippen LogP contribution in [-0.4, -0.2) is 60.4 Å². The van der Waals surface area contributed by atoms with Crippen molar-refractivity contribution in [3.63, 3.8) is 0 Å². The fraction of sp³-hybridized carbons (Fsp3) is 0.524. The maximum absolute atomic E-state index is 6.20. The van der Waals surface area contributed by atoms with Crippen LogP contribution in [0.5, 0.6) is 5.75 Å². The van der Waals surface area contributed by atoms with E-state index in [1.807, 2.05) is 18.5 Å². The van der Waals surface area contributed by atoms with Crippen molar-refractivity contribution in [1.82, 2.24) is 14.9 Å². The van der Waals surface area contributed by atoms with E-state index in [-0.39, 0.29) is 0 Å². The first kappa shape index (κ1) is 18.2. The van der Waals surface area contributed by atoms with Crippen LogP contribution in [0.1, 0.15) is 24.0 Å². The average Bonchev–Trinajstić information content (AvgIpc) is 2.72. The molecule has 4 rings (SSSR count). The quantitative estimate of drug-likeness (QED) is 0.809. The standard InChI is InChI=1S/C21H28N4O2/c1-17-4-2-3-5-20(17)27-19-6-8-24(9-7-19)16-18-14-22-21(23-15-18)25-10-12-26-13-11-25/h2-5,14-15,19H,6-13,16H2,1H3. The highest BCUT2D eigenvalue weighted by molar-refractivity contribution is 5.32. The number of ether oxygens (including phenoxy) is 2. The molecule has 2 fully saturated rings. The zero-order chi connectivity index (χ0) is 18.5. The predicted molar refractivity (Wildman–Crippen MR) is 105 cm³/mol. The van der Waals surface area contributed by atoms with Gasteiger partial charge in [-0.25, -0.2) is 9.97 Å². The molecule has 0 aliphatic carbocycles. The van der Waals surface area contributed by atoms with E-state index >= 15 is 0 Å². The third-order valence-corrected chi connectivity index (χ3v) is 5.31. The maximum atomic E-state index is 6.20. The Kier molecular flexibility index (Phi) is 5.84. The Morgan fingerprint density at radius 2 is 1.74 bits per heavy atom. The van der Waals surface area contributed by atoms with E-state index in [0.29, 0.717) is 6.10 Å². The largest absolute Gasteiger partial charge is 0.490 e. The average molecular weight is 368 g/mol. The van der Waals surface area contributed by atoms with E-state index < -0.39 is 0 Å². The molecule has 2 aliphatic rings. The van der Waals surface area contributed by atoms with E-state index in [2.05, 4.69) is 44.9 Å². The zero-order valence-electron chi connectivity index (χ0n) is 16.0. The monoisotopic (exact) mass is 368 g/mol. The van der Waals surface area contributed by atoms with Crippen LogP contribution >= 0.6 is 0 Å². The molecule has 0 radical (unpaired) electrons. The molecule has 2 saturated heterocycles. The van der Waals surface area contributed by atoms with Gasteiger partial charge >= 0.3 is 0 Å². The predicted octanol–water partition coefficient (Wildman–Crippen LogP) is 2.67. The molecule has 6 nitrogen and oxygen atoms in total. The molecule has 2 aromatic rings. The molecular weight excluding hydrogens is 340 g/mol. The highest BCUT2D eigenvalue weighted by Gasteiger charge is 2.21. The van der Waals surface area contributed by atoms with Crippen molar-refractivity contribution in [1.29, 1.82) is 0 Å². The van der Waals surface area contributed by atoms with E-state index in [1.54, 1.807) is 0 Å². The van der Waals surface area contributed by atoms with Gasteiger partial charge in [0.1, 0.15) is 11.9 Å². The summed E-state index contributed by atoms with van der Waals surface area (Å²) in [7, 11) is 0. The van der Waals surface area contributed by atoms with Gasteiger partial charge in [0, 0.05) is 50.7 Å². The van der Waals surface area contributed by atoms with E-state index in [4.69, 9.17) is 9.47 Å². The number of piperidine rings is 1. The van der Waals surface area contributed by atoms with Crippen LogP contribution in [0.4, 0.5) is 5.95 Å². The van der Waals surface area contributed by atoms with Gasteiger partial charge in [-0.3, -0.25) is 4.90 Å². The summed E-state index contributed by atoms with van der Waals surface area (Å²) >= 11 is 0. The molecular formula is C21H28N4O2. The number of hydrogen-bond acceptors (Lipinski definition) is 6. The van der Waals surface area contributed by atoms with Gasteiger partial charge in [-0.1, -0.05) is 18.2 Å². The summed E-state index contributed by atoms with van der Waals surface area (Å²) in [6, 6.07) is 8.26. The topological polar surface area (TPSA) is 50.7 Å². The van der Waals surface area contributed by atoms with Gasteiger partial charge in [-0.15, -0.1) is 0 Å². The van der Waals surface area contributed by atoms with E-state index in [1.165, 1.54) is 11.1 Å². The second-order valence-electron chi connectivity index (χ2n) is 7.35. The lowest BCUT2D eigenvalue weighted by atomic mass is 10.1. The number of likely N-dealkylation sites (tertiary alicyclic amines) is 1. The maximum Gasteiger partial charge on any atom is 0.225 e. The summed E-state index contributed by atoms with van der Waals surface area (Å²) in [4.78, 5) is 13.8. The van der Waals surface area contributed by atoms with E-state index in [9.17, 15) is 0 Å². The van der Waals surface area contributed by atoms with Crippen LogP contribution in [0.2, 0.25) is 0 Å². The second kappa shape index (κ2) is 8.67. The normalized spacial score (nSPS) is 19.2. The van der Waals surface area contributed by atoms with Crippen LogP contribution in [-0.2, 0) is 11.3 Å². The zero-order valence-corrected chi connectivity index (χ0v) is 16.0. The SMILES string of the molecule is Cc1ccccc1OC1CCN(Cc2cnc(N3CCOCC3)nc2)CC1. The summed E-state index contributed by atoms with van der Waals surface area (Å²) in [5.74, 6) is 1.83. The molecule has 144 valence electrons. The summed E-state index contributed by atoms with van der Waals surface area (Å²) in [5.41, 5.74) is 2.38. The van der Waals surface area contributed by atoms with Crippen molar-refractivity contribution in [3.05, 3.63) is 47.8 Å². The Morgan fingerprint density at radius 3 is 2.44 bits per heavy atom. The Balaban J connectivity index is 1.26. The van der Waals surface area contributed by atoms with Gasteiger partial charge < -0.3 is 14.4 Å². The molecule has 0 spiro atoms. The van der Waals surface area contributed by atoms with Gasteiger partial charge in [0.15, 0.2) is 0 Å². The van der Waals surface area contributed by atoms with Crippen LogP contribution in [0, 0.1) is 6.92 Å². The fourth-order valence-electron chi connectivity index (χ4n) is 3.67. The minimum absolute atomic E-state index is 0.308. The van der Waals surface area contributed by atoms with Crippen LogP contribution in [0.15, 0.2) is 36.7 Å². The number of nitrogens with zero attached hydrogens (tertiary/aromatic N) is 4. The van der Waals surface area contributed by atoms with Gasteiger partial charge in [-0.2, -0.15) is 0 Å². The molecule has 0 unspecified atom stereocenters. The number of anilines is 1. The van der Waals surface area contributed by atoms with Crippen molar-refractivity contribution in [3.8, 4) is 5.75 Å². The fourth-order valence-corrected chi connectivity index (χ4v) is 3.67. The number of para-hydroxylation sites is 1. The lowest BCUT2D eigenvalue weighted by molar-refractivity contribution is 0.0961. The van der Waals surface area contributed by atoms with Crippen LogP contribution in [0.3, 0.4) is 0 Å². The Labute approximate surface area is 161 Å². The van der Waals surface area contributed by atoms with Crippen molar-refractivity contribution >= 4 is 5.95 Å². The van der Waals surface area contributed by atoms with Gasteiger partial charge in [-0.05, 0) is 31.4 Å². The van der Waals surface area contributed by atoms with Gasteiger partial charge in [0.05, 0.1) is 13.2 Å². The molecule has 1 aromatic heterocycles. The number of aryl methyl sites for hydroxylation is 1. The minimum atomic E-state index is 0.308. The first-order valence-corrected chi connectivity index (χ1v) is 9.86. The van der Waals surface area contributed by atoms with Gasteiger partial charge in [0.2, 0.25) is 5.95 Å². The summed E-state index contributed by atoms with van der Waals surface area (Å²) in [5, 5.41) is 0. The van der Waals surface area contributed by atoms with Gasteiger partial charge in [0.25, 0.3) is 0 Å². The third-order valence-electron chi connectivity index (χ3n) is 5.31. The van der Waals surface area contributed by atoms with Crippen molar-refractivity contribution in [2.24, 2.45) is 0 Å². The smallest absolute Gasteiger partial charge is 0.225 e. The molecule has 0 amide bonds. The van der Waals surface area contributed by atoms with Crippen molar-refractivity contribution in [2.75, 3.05) is 44.3 Å². The lowest BCUT2D eigenvalue weighted by Gasteiger charge is -2.32. The Bertz CT molecular complexity index is 723. The molecule has 0 saturated carbocycles. The summed E-state index contributed by atoms with van der Waals surface area (Å²) in [6.45, 7) is 8.34. The van der Waals surface area contributed by atoms with Crippen LogP contribution < -0.4 is 9.64 Å². The Morgan fingerprint density at radius 1 is 1.04 bits per heavy atom. The second-order valence-corrected chi connectivity index (χ2v) is 7.35. The third kappa shape index (κ3) is 4.76. The Hall–Kier alpha value is -2.18. The molecule has 27 heavy (non-hydrogen) atoms. The molecule has 6 heteroatoms. The molecule has 0 N–H and O–H groups in total. The van der Waals surface area contributed by atoms with Crippen molar-refractivity contribution in [2.45, 2.75) is 32.4 Å². The molecule has 2 aliphatic heterocycles. The van der Waals surface area contributed by atoms with Crippen molar-refractivity contribution < 1.29 is 9.47 Å². The molecule has 3 heterocycles.